The molecule has 1 amide bonds. The Labute approximate surface area is 187 Å². The fourth-order valence-electron chi connectivity index (χ4n) is 2.96. The van der Waals surface area contributed by atoms with E-state index in [1.165, 1.54) is 36.7 Å². The second kappa shape index (κ2) is 8.87. The standard InChI is InChI=1S/C21H15N5O6S/c22-9-11-3-4-16(14(6-11)21(29)30)26-20(28)19(23)15-7-13(12-2-1-5-25-10-12)18(8-17(15)27)33(24,31)32/h1-8,10,23,27H,(H,26,28)(H,29,30)(H2,24,31,32). The number of aromatic carboxylic acids is 1. The van der Waals surface area contributed by atoms with Crippen molar-refractivity contribution in [2.24, 2.45) is 5.14 Å². The number of nitrogens with one attached hydrogen (secondary N) is 2. The highest BCUT2D eigenvalue weighted by Crippen LogP contribution is 2.33. The molecule has 0 saturated heterocycles. The Hall–Kier alpha value is -4.60. The molecule has 0 unspecified atom stereocenters. The number of hydrogen-bond donors (Lipinski definition) is 5. The van der Waals surface area contributed by atoms with Gasteiger partial charge >= 0.3 is 5.97 Å². The first-order valence-electron chi connectivity index (χ1n) is 9.01. The molecule has 2 aromatic carbocycles. The lowest BCUT2D eigenvalue weighted by Crippen LogP contribution is -2.24. The molecule has 3 rings (SSSR count). The van der Waals surface area contributed by atoms with E-state index in [4.69, 9.17) is 15.8 Å². The van der Waals surface area contributed by atoms with Gasteiger partial charge in [-0.1, -0.05) is 6.07 Å². The average Bonchev–Trinajstić information content (AvgIpc) is 2.78. The van der Waals surface area contributed by atoms with Crippen molar-refractivity contribution in [3.05, 3.63) is 71.5 Å². The van der Waals surface area contributed by atoms with E-state index in [2.05, 4.69) is 10.3 Å². The maximum Gasteiger partial charge on any atom is 0.337 e. The number of pyridine rings is 1. The number of carbonyl (C=O) groups is 2. The minimum absolute atomic E-state index is 0.000507. The van der Waals surface area contributed by atoms with Gasteiger partial charge in [0.05, 0.1) is 27.8 Å². The van der Waals surface area contributed by atoms with Crippen molar-refractivity contribution in [1.82, 2.24) is 4.98 Å². The molecule has 6 N–H and O–H groups in total. The summed E-state index contributed by atoms with van der Waals surface area (Å²) in [7, 11) is -4.29. The molecule has 1 heterocycles. The third-order valence-electron chi connectivity index (χ3n) is 4.50. The topological polar surface area (TPSA) is 207 Å². The van der Waals surface area contributed by atoms with E-state index in [-0.39, 0.29) is 27.9 Å². The Morgan fingerprint density at radius 2 is 1.88 bits per heavy atom. The SMILES string of the molecule is N#Cc1ccc(NC(=O)C(=N)c2cc(-c3cccnc3)c(S(N)(=O)=O)cc2O)c(C(=O)O)c1. The minimum Gasteiger partial charge on any atom is -0.507 e. The highest BCUT2D eigenvalue weighted by molar-refractivity contribution is 7.89. The molecule has 3 aromatic rings. The van der Waals surface area contributed by atoms with Gasteiger partial charge in [-0.25, -0.2) is 18.4 Å². The average molecular weight is 465 g/mol. The van der Waals surface area contributed by atoms with Gasteiger partial charge in [0, 0.05) is 35.2 Å². The number of anilines is 1. The number of hydrogen-bond acceptors (Lipinski definition) is 8. The molecular weight excluding hydrogens is 450 g/mol. The van der Waals surface area contributed by atoms with Crippen LogP contribution in [-0.4, -0.2) is 41.2 Å². The molecule has 12 heteroatoms. The summed E-state index contributed by atoms with van der Waals surface area (Å²) in [5, 5.41) is 44.3. The van der Waals surface area contributed by atoms with Gasteiger partial charge in [0.25, 0.3) is 5.91 Å². The summed E-state index contributed by atoms with van der Waals surface area (Å²) in [6.07, 6.45) is 2.79. The molecule has 0 spiro atoms. The van der Waals surface area contributed by atoms with Crippen LogP contribution in [0.2, 0.25) is 0 Å². The van der Waals surface area contributed by atoms with Gasteiger partial charge in [0.15, 0.2) is 0 Å². The molecule has 0 aliphatic rings. The van der Waals surface area contributed by atoms with Crippen molar-refractivity contribution in [2.75, 3.05) is 5.32 Å². The number of benzene rings is 2. The highest BCUT2D eigenvalue weighted by atomic mass is 32.2. The van der Waals surface area contributed by atoms with Gasteiger partial charge in [-0.15, -0.1) is 0 Å². The van der Waals surface area contributed by atoms with Crippen LogP contribution >= 0.6 is 0 Å². The van der Waals surface area contributed by atoms with E-state index in [0.29, 0.717) is 5.56 Å². The van der Waals surface area contributed by atoms with Gasteiger partial charge < -0.3 is 15.5 Å². The molecular formula is C21H15N5O6S. The lowest BCUT2D eigenvalue weighted by molar-refractivity contribution is -0.110. The van der Waals surface area contributed by atoms with Crippen molar-refractivity contribution in [3.8, 4) is 22.9 Å². The quantitative estimate of drug-likeness (QED) is 0.337. The number of nitrogens with two attached hydrogens (primary N) is 1. The lowest BCUT2D eigenvalue weighted by Gasteiger charge is -2.14. The summed E-state index contributed by atoms with van der Waals surface area (Å²) in [5.41, 5.74) is -1.30. The van der Waals surface area contributed by atoms with Gasteiger partial charge in [-0.2, -0.15) is 5.26 Å². The van der Waals surface area contributed by atoms with Crippen LogP contribution in [0.25, 0.3) is 11.1 Å². The van der Waals surface area contributed by atoms with Crippen molar-refractivity contribution in [2.45, 2.75) is 4.90 Å². The summed E-state index contributed by atoms with van der Waals surface area (Å²) < 4.78 is 24.0. The monoisotopic (exact) mass is 465 g/mol. The van der Waals surface area contributed by atoms with Crippen LogP contribution in [0.5, 0.6) is 5.75 Å². The summed E-state index contributed by atoms with van der Waals surface area (Å²) in [4.78, 5) is 27.6. The van der Waals surface area contributed by atoms with Gasteiger partial charge in [-0.3, -0.25) is 15.2 Å². The Balaban J connectivity index is 2.05. The van der Waals surface area contributed by atoms with E-state index in [1.54, 1.807) is 6.07 Å². The number of aromatic nitrogens is 1. The van der Waals surface area contributed by atoms with Gasteiger partial charge in [0.1, 0.15) is 11.5 Å². The van der Waals surface area contributed by atoms with E-state index in [9.17, 15) is 28.2 Å². The highest BCUT2D eigenvalue weighted by Gasteiger charge is 2.24. The van der Waals surface area contributed by atoms with Crippen LogP contribution in [0.4, 0.5) is 5.69 Å². The fourth-order valence-corrected chi connectivity index (χ4v) is 3.72. The zero-order chi connectivity index (χ0) is 24.3. The van der Waals surface area contributed by atoms with Crippen LogP contribution in [0, 0.1) is 16.7 Å². The predicted molar refractivity (Wildman–Crippen MR) is 116 cm³/mol. The first kappa shape index (κ1) is 23.1. The number of nitriles is 1. The summed E-state index contributed by atoms with van der Waals surface area (Å²) in [6, 6.07) is 10.3. The molecule has 166 valence electrons. The van der Waals surface area contributed by atoms with E-state index < -0.39 is 38.3 Å². The number of phenols is 1. The Bertz CT molecular complexity index is 1450. The third-order valence-corrected chi connectivity index (χ3v) is 5.45. The van der Waals surface area contributed by atoms with Crippen molar-refractivity contribution in [1.29, 1.82) is 10.7 Å². The molecule has 11 nitrogen and oxygen atoms in total. The van der Waals surface area contributed by atoms with Crippen molar-refractivity contribution >= 4 is 33.3 Å². The number of carbonyl (C=O) groups excluding carboxylic acids is 1. The van der Waals surface area contributed by atoms with Crippen molar-refractivity contribution < 1.29 is 28.2 Å². The van der Waals surface area contributed by atoms with Crippen molar-refractivity contribution in [3.63, 3.8) is 0 Å². The molecule has 0 saturated carbocycles. The number of carboxylic acid groups (broad SMARTS) is 1. The number of rotatable bonds is 6. The number of aromatic hydroxyl groups is 1. The molecule has 33 heavy (non-hydrogen) atoms. The van der Waals surface area contributed by atoms with E-state index >= 15 is 0 Å². The van der Waals surface area contributed by atoms with Crippen LogP contribution in [0.3, 0.4) is 0 Å². The Morgan fingerprint density at radius 3 is 2.45 bits per heavy atom. The minimum atomic E-state index is -4.29. The number of carboxylic acids is 1. The zero-order valence-electron chi connectivity index (χ0n) is 16.6. The number of nitrogens with zero attached hydrogens (tertiary/aromatic N) is 2. The largest absolute Gasteiger partial charge is 0.507 e. The molecule has 0 radical (unpaired) electrons. The van der Waals surface area contributed by atoms with Crippen LogP contribution < -0.4 is 10.5 Å². The van der Waals surface area contributed by atoms with E-state index in [1.807, 2.05) is 0 Å². The second-order valence-electron chi connectivity index (χ2n) is 6.66. The van der Waals surface area contributed by atoms with E-state index in [0.717, 1.165) is 18.2 Å². The maximum absolute atomic E-state index is 12.7. The smallest absolute Gasteiger partial charge is 0.337 e. The summed E-state index contributed by atoms with van der Waals surface area (Å²) >= 11 is 0. The normalized spacial score (nSPS) is 10.8. The van der Waals surface area contributed by atoms with Crippen LogP contribution in [0.1, 0.15) is 21.5 Å². The van der Waals surface area contributed by atoms with Gasteiger partial charge in [-0.05, 0) is 30.3 Å². The zero-order valence-corrected chi connectivity index (χ0v) is 17.4. The first-order valence-corrected chi connectivity index (χ1v) is 10.6. The number of sulfonamides is 1. The summed E-state index contributed by atoms with van der Waals surface area (Å²) in [6.45, 7) is 0. The molecule has 0 fully saturated rings. The maximum atomic E-state index is 12.7. The molecule has 0 bridgehead atoms. The predicted octanol–water partition coefficient (Wildman–Crippen LogP) is 1.68. The number of primary sulfonamides is 1. The Kier molecular flexibility index (Phi) is 6.20. The lowest BCUT2D eigenvalue weighted by atomic mass is 10.0. The van der Waals surface area contributed by atoms with Crippen LogP contribution in [0.15, 0.2) is 59.8 Å². The number of phenolic OH excluding ortho intramolecular Hbond substituents is 1. The molecule has 0 atom stereocenters. The molecule has 0 aliphatic heterocycles. The third kappa shape index (κ3) is 4.85. The molecule has 1 aromatic heterocycles. The van der Waals surface area contributed by atoms with Crippen LogP contribution in [-0.2, 0) is 14.8 Å². The summed E-state index contributed by atoms with van der Waals surface area (Å²) in [5.74, 6) is -3.20. The van der Waals surface area contributed by atoms with Gasteiger partial charge in [0.2, 0.25) is 10.0 Å². The second-order valence-corrected chi connectivity index (χ2v) is 8.19. The Morgan fingerprint density at radius 1 is 1.15 bits per heavy atom. The fraction of sp³-hybridized carbons (Fsp3) is 0. The molecule has 0 aliphatic carbocycles. The first-order chi connectivity index (χ1) is 15.5. The number of amides is 1.